The molecular weight excluding hydrogens is 196 g/mol. The molecule has 58 valence electrons. The fraction of sp³-hybridized carbons (Fsp3) is 0.333. The highest BCUT2D eigenvalue weighted by Crippen LogP contribution is 2.26. The van der Waals surface area contributed by atoms with Crippen LogP contribution < -0.4 is 0 Å². The van der Waals surface area contributed by atoms with Gasteiger partial charge in [-0.3, -0.25) is 4.68 Å². The summed E-state index contributed by atoms with van der Waals surface area (Å²) in [6.07, 6.45) is 2.05. The summed E-state index contributed by atoms with van der Waals surface area (Å²) in [5, 5.41) is 4.33. The van der Waals surface area contributed by atoms with Crippen molar-refractivity contribution in [1.82, 2.24) is 9.78 Å². The Kier molecular flexibility index (Phi) is 1.78. The van der Waals surface area contributed by atoms with Crippen LogP contribution in [-0.4, -0.2) is 9.78 Å². The molecule has 0 atom stereocenters. The molecule has 0 fully saturated rings. The Hall–Kier alpha value is -0.260. The van der Waals surface area contributed by atoms with E-state index in [-0.39, 0.29) is 0 Å². The molecule has 2 rings (SSSR count). The largest absolute Gasteiger partial charge is 0.270 e. The normalized spacial score (nSPS) is 11.0. The monoisotopic (exact) mass is 202 g/mol. The lowest BCUT2D eigenvalue weighted by molar-refractivity contribution is 0.669. The third-order valence-corrected chi connectivity index (χ3v) is 3.87. The summed E-state index contributed by atoms with van der Waals surface area (Å²) in [4.78, 5) is 1.07. The number of aryl methyl sites for hydroxylation is 1. The Bertz CT molecular complexity index is 388. The van der Waals surface area contributed by atoms with Gasteiger partial charge in [0.1, 0.15) is 3.14 Å². The van der Waals surface area contributed by atoms with Gasteiger partial charge in [0, 0.05) is 12.7 Å². The van der Waals surface area contributed by atoms with E-state index in [1.165, 1.54) is 4.70 Å². The van der Waals surface area contributed by atoms with Crippen LogP contribution in [0.5, 0.6) is 0 Å². The van der Waals surface area contributed by atoms with Crippen LogP contribution in [0, 0.1) is 3.14 Å². The van der Waals surface area contributed by atoms with Crippen molar-refractivity contribution in [3.05, 3.63) is 9.33 Å². The van der Waals surface area contributed by atoms with Gasteiger partial charge >= 0.3 is 0 Å². The maximum atomic E-state index is 5.03. The molecule has 2 nitrogen and oxygen atoms in total. The average Bonchev–Trinajstić information content (AvgIpc) is 2.43. The van der Waals surface area contributed by atoms with Crippen LogP contribution >= 0.6 is 34.9 Å². The molecule has 0 saturated carbocycles. The van der Waals surface area contributed by atoms with Crippen molar-refractivity contribution in [2.24, 2.45) is 0 Å². The van der Waals surface area contributed by atoms with Gasteiger partial charge < -0.3 is 0 Å². The van der Waals surface area contributed by atoms with Gasteiger partial charge in [-0.15, -0.1) is 11.3 Å². The van der Waals surface area contributed by atoms with Crippen molar-refractivity contribution < 1.29 is 0 Å². The SMILES string of the molecule is CCn1cc2sc(=S)sc2n1. The maximum absolute atomic E-state index is 5.03. The summed E-state index contributed by atoms with van der Waals surface area (Å²) in [5.41, 5.74) is 0. The Balaban J connectivity index is 2.73. The van der Waals surface area contributed by atoms with Gasteiger partial charge in [-0.1, -0.05) is 23.6 Å². The van der Waals surface area contributed by atoms with Gasteiger partial charge in [-0.05, 0) is 6.92 Å². The van der Waals surface area contributed by atoms with Crippen LogP contribution in [0.2, 0.25) is 0 Å². The molecule has 0 saturated heterocycles. The highest BCUT2D eigenvalue weighted by atomic mass is 32.2. The summed E-state index contributed by atoms with van der Waals surface area (Å²) < 4.78 is 4.11. The van der Waals surface area contributed by atoms with E-state index >= 15 is 0 Å². The number of rotatable bonds is 1. The molecule has 0 unspecified atom stereocenters. The van der Waals surface area contributed by atoms with Crippen LogP contribution in [0.25, 0.3) is 9.53 Å². The van der Waals surface area contributed by atoms with Crippen LogP contribution in [0.3, 0.4) is 0 Å². The predicted molar refractivity (Wildman–Crippen MR) is 52.0 cm³/mol. The van der Waals surface area contributed by atoms with Gasteiger partial charge in [0.05, 0.1) is 4.70 Å². The van der Waals surface area contributed by atoms with Crippen molar-refractivity contribution >= 4 is 44.4 Å². The molecule has 11 heavy (non-hydrogen) atoms. The van der Waals surface area contributed by atoms with Crippen LogP contribution in [-0.2, 0) is 6.54 Å². The molecule has 0 aromatic carbocycles. The fourth-order valence-corrected chi connectivity index (χ4v) is 3.25. The quantitative estimate of drug-likeness (QED) is 0.662. The summed E-state index contributed by atoms with van der Waals surface area (Å²) >= 11 is 8.26. The van der Waals surface area contributed by atoms with E-state index < -0.39 is 0 Å². The zero-order valence-electron chi connectivity index (χ0n) is 5.90. The fourth-order valence-electron chi connectivity index (χ4n) is 0.878. The summed E-state index contributed by atoms with van der Waals surface area (Å²) in [6, 6.07) is 0. The standard InChI is InChI=1S/C6H6N2S3/c1-2-8-3-4-5(7-8)11-6(9)10-4/h3H,2H2,1H3. The molecule has 0 spiro atoms. The number of nitrogens with zero attached hydrogens (tertiary/aromatic N) is 2. The van der Waals surface area contributed by atoms with Crippen LogP contribution in [0.15, 0.2) is 6.20 Å². The lowest BCUT2D eigenvalue weighted by atomic mass is 10.7. The van der Waals surface area contributed by atoms with Crippen molar-refractivity contribution in [3.8, 4) is 0 Å². The second-order valence-electron chi connectivity index (χ2n) is 2.11. The lowest BCUT2D eigenvalue weighted by Crippen LogP contribution is -1.92. The minimum atomic E-state index is 0.931. The molecule has 0 radical (unpaired) electrons. The molecule has 2 aromatic heterocycles. The first-order chi connectivity index (χ1) is 5.29. The van der Waals surface area contributed by atoms with E-state index in [4.69, 9.17) is 12.2 Å². The third kappa shape index (κ3) is 1.23. The smallest absolute Gasteiger partial charge is 0.157 e. The second-order valence-corrected chi connectivity index (χ2v) is 5.34. The second kappa shape index (κ2) is 2.66. The first-order valence-corrected chi connectivity index (χ1v) is 5.31. The lowest BCUT2D eigenvalue weighted by Gasteiger charge is -1.88. The first-order valence-electron chi connectivity index (χ1n) is 3.26. The van der Waals surface area contributed by atoms with E-state index in [2.05, 4.69) is 12.0 Å². The Morgan fingerprint density at radius 3 is 3.09 bits per heavy atom. The molecule has 0 aliphatic rings. The molecule has 0 bridgehead atoms. The van der Waals surface area contributed by atoms with Gasteiger partial charge in [0.2, 0.25) is 0 Å². The van der Waals surface area contributed by atoms with Crippen LogP contribution in [0.4, 0.5) is 0 Å². The number of aromatic nitrogens is 2. The van der Waals surface area contributed by atoms with E-state index in [1.54, 1.807) is 22.7 Å². The summed E-state index contributed by atoms with van der Waals surface area (Å²) in [6.45, 7) is 3.01. The van der Waals surface area contributed by atoms with E-state index in [9.17, 15) is 0 Å². The first kappa shape index (κ1) is 7.39. The average molecular weight is 202 g/mol. The zero-order chi connectivity index (χ0) is 7.84. The van der Waals surface area contributed by atoms with Crippen molar-refractivity contribution in [1.29, 1.82) is 0 Å². The van der Waals surface area contributed by atoms with Gasteiger partial charge in [-0.2, -0.15) is 5.10 Å². The van der Waals surface area contributed by atoms with E-state index in [0.717, 1.165) is 14.5 Å². The summed E-state index contributed by atoms with van der Waals surface area (Å²) in [7, 11) is 0. The van der Waals surface area contributed by atoms with Gasteiger partial charge in [-0.25, -0.2) is 0 Å². The Morgan fingerprint density at radius 2 is 2.45 bits per heavy atom. The minimum absolute atomic E-state index is 0.931. The predicted octanol–water partition coefficient (Wildman–Crippen LogP) is 2.91. The number of fused-ring (bicyclic) bond motifs is 1. The maximum Gasteiger partial charge on any atom is 0.157 e. The highest BCUT2D eigenvalue weighted by Gasteiger charge is 2.01. The molecule has 5 heteroatoms. The molecule has 2 heterocycles. The molecular formula is C6H6N2S3. The molecule has 0 aliphatic carbocycles. The summed E-state index contributed by atoms with van der Waals surface area (Å²) in [5.74, 6) is 0. The van der Waals surface area contributed by atoms with E-state index in [1.807, 2.05) is 10.9 Å². The number of hydrogen-bond donors (Lipinski definition) is 0. The Labute approximate surface area is 77.1 Å². The third-order valence-electron chi connectivity index (χ3n) is 1.39. The highest BCUT2D eigenvalue weighted by molar-refractivity contribution is 7.77. The molecule has 0 aliphatic heterocycles. The number of hydrogen-bond acceptors (Lipinski definition) is 4. The molecule has 0 N–H and O–H groups in total. The van der Waals surface area contributed by atoms with Crippen molar-refractivity contribution in [3.63, 3.8) is 0 Å². The van der Waals surface area contributed by atoms with Gasteiger partial charge in [0.25, 0.3) is 0 Å². The minimum Gasteiger partial charge on any atom is -0.270 e. The Morgan fingerprint density at radius 1 is 1.64 bits per heavy atom. The van der Waals surface area contributed by atoms with E-state index in [0.29, 0.717) is 0 Å². The van der Waals surface area contributed by atoms with Gasteiger partial charge in [0.15, 0.2) is 4.83 Å². The van der Waals surface area contributed by atoms with Crippen molar-refractivity contribution in [2.75, 3.05) is 0 Å². The topological polar surface area (TPSA) is 17.8 Å². The van der Waals surface area contributed by atoms with Crippen molar-refractivity contribution in [2.45, 2.75) is 13.5 Å². The zero-order valence-corrected chi connectivity index (χ0v) is 8.35. The molecule has 0 amide bonds. The molecule has 2 aromatic rings. The van der Waals surface area contributed by atoms with Crippen LogP contribution in [0.1, 0.15) is 6.92 Å².